The zero-order valence-corrected chi connectivity index (χ0v) is 9.97. The summed E-state index contributed by atoms with van der Waals surface area (Å²) in [4.78, 5) is 15.7. The smallest absolute Gasteiger partial charge is 0.228 e. The third kappa shape index (κ3) is 1.67. The monoisotopic (exact) mass is 243 g/mol. The SMILES string of the molecule is Cn1nc(-c2ccc3c(c2)CC(=O)N3)nc1CN. The minimum atomic E-state index is 0.0266. The zero-order valence-electron chi connectivity index (χ0n) is 9.97. The van der Waals surface area contributed by atoms with Crippen LogP contribution in [0, 0.1) is 0 Å². The molecule has 0 bridgehead atoms. The number of nitrogens with one attached hydrogen (secondary N) is 1. The molecule has 3 N–H and O–H groups in total. The van der Waals surface area contributed by atoms with Crippen LogP contribution in [0.15, 0.2) is 18.2 Å². The van der Waals surface area contributed by atoms with E-state index in [9.17, 15) is 4.79 Å². The number of rotatable bonds is 2. The van der Waals surface area contributed by atoms with Gasteiger partial charge in [-0.2, -0.15) is 5.10 Å². The highest BCUT2D eigenvalue weighted by Crippen LogP contribution is 2.27. The number of carbonyl (C=O) groups excluding carboxylic acids is 1. The molecule has 0 fully saturated rings. The number of aryl methyl sites for hydroxylation is 1. The van der Waals surface area contributed by atoms with Crippen molar-refractivity contribution in [2.24, 2.45) is 12.8 Å². The van der Waals surface area contributed by atoms with Crippen LogP contribution in [0.25, 0.3) is 11.4 Å². The van der Waals surface area contributed by atoms with Gasteiger partial charge in [0.05, 0.1) is 13.0 Å². The second-order valence-electron chi connectivity index (χ2n) is 4.28. The topological polar surface area (TPSA) is 85.8 Å². The van der Waals surface area contributed by atoms with Crippen LogP contribution in [0.4, 0.5) is 5.69 Å². The van der Waals surface area contributed by atoms with E-state index in [0.29, 0.717) is 18.8 Å². The molecule has 1 aromatic carbocycles. The lowest BCUT2D eigenvalue weighted by atomic mass is 10.1. The molecule has 2 aromatic rings. The summed E-state index contributed by atoms with van der Waals surface area (Å²) in [5.74, 6) is 1.40. The molecule has 1 aliphatic heterocycles. The minimum absolute atomic E-state index is 0.0266. The molecule has 3 rings (SSSR count). The van der Waals surface area contributed by atoms with Gasteiger partial charge in [0.2, 0.25) is 5.91 Å². The molecule has 1 amide bonds. The molecule has 0 saturated carbocycles. The van der Waals surface area contributed by atoms with Crippen molar-refractivity contribution in [3.05, 3.63) is 29.6 Å². The second-order valence-corrected chi connectivity index (χ2v) is 4.28. The van der Waals surface area contributed by atoms with Crippen LogP contribution in [-0.2, 0) is 24.8 Å². The first kappa shape index (κ1) is 10.9. The van der Waals surface area contributed by atoms with E-state index in [2.05, 4.69) is 15.4 Å². The molecular formula is C12H13N5O. The van der Waals surface area contributed by atoms with Gasteiger partial charge in [0.15, 0.2) is 5.82 Å². The molecular weight excluding hydrogens is 230 g/mol. The fourth-order valence-electron chi connectivity index (χ4n) is 2.09. The van der Waals surface area contributed by atoms with Crippen LogP contribution in [0.5, 0.6) is 0 Å². The zero-order chi connectivity index (χ0) is 12.7. The maximum absolute atomic E-state index is 11.3. The van der Waals surface area contributed by atoms with E-state index >= 15 is 0 Å². The Hall–Kier alpha value is -2.21. The molecule has 0 radical (unpaired) electrons. The molecule has 1 aromatic heterocycles. The number of amides is 1. The number of nitrogens with two attached hydrogens (primary N) is 1. The third-order valence-electron chi connectivity index (χ3n) is 3.02. The molecule has 18 heavy (non-hydrogen) atoms. The Morgan fingerprint density at radius 2 is 2.33 bits per heavy atom. The van der Waals surface area contributed by atoms with Gasteiger partial charge in [0, 0.05) is 18.3 Å². The van der Waals surface area contributed by atoms with Gasteiger partial charge in [0.25, 0.3) is 0 Å². The first-order valence-electron chi connectivity index (χ1n) is 5.70. The van der Waals surface area contributed by atoms with Crippen molar-refractivity contribution >= 4 is 11.6 Å². The molecule has 6 nitrogen and oxygen atoms in total. The van der Waals surface area contributed by atoms with Gasteiger partial charge in [-0.3, -0.25) is 9.48 Å². The molecule has 0 aliphatic carbocycles. The van der Waals surface area contributed by atoms with Crippen LogP contribution in [0.3, 0.4) is 0 Å². The van der Waals surface area contributed by atoms with Crippen molar-refractivity contribution in [2.45, 2.75) is 13.0 Å². The van der Waals surface area contributed by atoms with Crippen molar-refractivity contribution in [1.82, 2.24) is 14.8 Å². The maximum Gasteiger partial charge on any atom is 0.228 e. The van der Waals surface area contributed by atoms with Gasteiger partial charge in [-0.1, -0.05) is 0 Å². The second kappa shape index (κ2) is 3.92. The molecule has 0 spiro atoms. The number of hydrogen-bond acceptors (Lipinski definition) is 4. The molecule has 0 atom stereocenters. The van der Waals surface area contributed by atoms with Crippen LogP contribution >= 0.6 is 0 Å². The van der Waals surface area contributed by atoms with Crippen LogP contribution < -0.4 is 11.1 Å². The lowest BCUT2D eigenvalue weighted by molar-refractivity contribution is -0.115. The number of nitrogens with zero attached hydrogens (tertiary/aromatic N) is 3. The van der Waals surface area contributed by atoms with E-state index < -0.39 is 0 Å². The van der Waals surface area contributed by atoms with Gasteiger partial charge >= 0.3 is 0 Å². The van der Waals surface area contributed by atoms with Gasteiger partial charge in [0.1, 0.15) is 5.82 Å². The molecule has 6 heteroatoms. The first-order chi connectivity index (χ1) is 8.67. The summed E-state index contributed by atoms with van der Waals surface area (Å²) in [7, 11) is 1.82. The van der Waals surface area contributed by atoms with E-state index in [1.165, 1.54) is 0 Å². The van der Waals surface area contributed by atoms with E-state index in [-0.39, 0.29) is 5.91 Å². The first-order valence-corrected chi connectivity index (χ1v) is 5.70. The number of anilines is 1. The summed E-state index contributed by atoms with van der Waals surface area (Å²) in [6.45, 7) is 0.356. The Kier molecular flexibility index (Phi) is 2.38. The molecule has 2 heterocycles. The van der Waals surface area contributed by atoms with Crippen molar-refractivity contribution in [1.29, 1.82) is 0 Å². The number of aromatic nitrogens is 3. The Labute approximate surface area is 104 Å². The van der Waals surface area contributed by atoms with Crippen LogP contribution in [-0.4, -0.2) is 20.7 Å². The van der Waals surface area contributed by atoms with E-state index in [4.69, 9.17) is 5.73 Å². The molecule has 92 valence electrons. The molecule has 0 saturated heterocycles. The Morgan fingerprint density at radius 3 is 3.06 bits per heavy atom. The quantitative estimate of drug-likeness (QED) is 0.801. The average molecular weight is 243 g/mol. The predicted octanol–water partition coefficient (Wildman–Crippen LogP) is 0.435. The lowest BCUT2D eigenvalue weighted by Gasteiger charge is -2.00. The van der Waals surface area contributed by atoms with E-state index in [1.54, 1.807) is 4.68 Å². The predicted molar refractivity (Wildman–Crippen MR) is 66.7 cm³/mol. The highest BCUT2D eigenvalue weighted by atomic mass is 16.1. The van der Waals surface area contributed by atoms with E-state index in [1.807, 2.05) is 25.2 Å². The number of fused-ring (bicyclic) bond motifs is 1. The largest absolute Gasteiger partial charge is 0.326 e. The van der Waals surface area contributed by atoms with Gasteiger partial charge < -0.3 is 11.1 Å². The number of carbonyl (C=O) groups is 1. The maximum atomic E-state index is 11.3. The van der Waals surface area contributed by atoms with Gasteiger partial charge in [-0.05, 0) is 23.8 Å². The number of hydrogen-bond donors (Lipinski definition) is 2. The van der Waals surface area contributed by atoms with Crippen LogP contribution in [0.1, 0.15) is 11.4 Å². The fourth-order valence-corrected chi connectivity index (χ4v) is 2.09. The summed E-state index contributed by atoms with van der Waals surface area (Å²) in [5.41, 5.74) is 8.33. The van der Waals surface area contributed by atoms with Gasteiger partial charge in [-0.25, -0.2) is 4.98 Å². The van der Waals surface area contributed by atoms with Crippen molar-refractivity contribution in [3.63, 3.8) is 0 Å². The highest BCUT2D eigenvalue weighted by Gasteiger charge is 2.18. The Bertz CT molecular complexity index is 631. The third-order valence-corrected chi connectivity index (χ3v) is 3.02. The summed E-state index contributed by atoms with van der Waals surface area (Å²) in [6.07, 6.45) is 0.416. The summed E-state index contributed by atoms with van der Waals surface area (Å²) in [5, 5.41) is 7.12. The van der Waals surface area contributed by atoms with Crippen molar-refractivity contribution in [3.8, 4) is 11.4 Å². The normalized spacial score (nSPS) is 13.6. The van der Waals surface area contributed by atoms with Crippen LogP contribution in [0.2, 0.25) is 0 Å². The Morgan fingerprint density at radius 1 is 1.50 bits per heavy atom. The highest BCUT2D eigenvalue weighted by molar-refractivity contribution is 5.99. The van der Waals surface area contributed by atoms with Crippen molar-refractivity contribution < 1.29 is 4.79 Å². The summed E-state index contributed by atoms with van der Waals surface area (Å²) in [6, 6.07) is 5.73. The van der Waals surface area contributed by atoms with Crippen molar-refractivity contribution in [2.75, 3.05) is 5.32 Å². The summed E-state index contributed by atoms with van der Waals surface area (Å²) < 4.78 is 1.67. The average Bonchev–Trinajstić information content (AvgIpc) is 2.89. The minimum Gasteiger partial charge on any atom is -0.326 e. The van der Waals surface area contributed by atoms with Gasteiger partial charge in [-0.15, -0.1) is 0 Å². The standard InChI is InChI=1S/C12H13N5O/c1-17-10(6-13)15-12(16-17)7-2-3-9-8(4-7)5-11(18)14-9/h2-4H,5-6,13H2,1H3,(H,14,18). The fraction of sp³-hybridized carbons (Fsp3) is 0.250. The molecule has 0 unspecified atom stereocenters. The Balaban J connectivity index is 2.02. The summed E-state index contributed by atoms with van der Waals surface area (Å²) >= 11 is 0. The van der Waals surface area contributed by atoms with E-state index in [0.717, 1.165) is 22.6 Å². The number of benzene rings is 1. The lowest BCUT2D eigenvalue weighted by Crippen LogP contribution is -2.05. The molecule has 1 aliphatic rings.